The zero-order chi connectivity index (χ0) is 17.3. The van der Waals surface area contributed by atoms with Crippen LogP contribution in [-0.2, 0) is 4.79 Å². The Hall–Kier alpha value is -2.61. The molecule has 1 aliphatic rings. The molecule has 0 saturated heterocycles. The summed E-state index contributed by atoms with van der Waals surface area (Å²) >= 11 is 1.30. The number of carbonyl (C=O) groups excluding carboxylic acids is 2. The van der Waals surface area contributed by atoms with Crippen LogP contribution in [0.5, 0.6) is 17.2 Å². The van der Waals surface area contributed by atoms with E-state index in [0.29, 0.717) is 5.13 Å². The number of nitrogens with one attached hydrogen (secondary N) is 1. The molecule has 1 aromatic carbocycles. The Morgan fingerprint density at radius 3 is 3.00 bits per heavy atom. The number of Topliss-reactive ketones (excluding diaryl/α,β-unsaturated/α-hetero) is 1. The number of carbonyl (C=O) groups is 2. The van der Waals surface area contributed by atoms with Crippen LogP contribution < -0.4 is 14.8 Å². The van der Waals surface area contributed by atoms with Crippen LogP contribution in [0.2, 0.25) is 0 Å². The number of phenols is 1. The second-order valence-corrected chi connectivity index (χ2v) is 6.85. The van der Waals surface area contributed by atoms with E-state index >= 15 is 0 Å². The highest BCUT2D eigenvalue weighted by molar-refractivity contribution is 7.13. The van der Waals surface area contributed by atoms with E-state index in [4.69, 9.17) is 9.47 Å². The molecule has 0 aliphatic carbocycles. The number of aromatic hydroxyl groups is 1. The second-order valence-electron chi connectivity index (χ2n) is 5.95. The van der Waals surface area contributed by atoms with Crippen molar-refractivity contribution in [2.24, 2.45) is 0 Å². The van der Waals surface area contributed by atoms with Crippen LogP contribution in [0.1, 0.15) is 30.6 Å². The summed E-state index contributed by atoms with van der Waals surface area (Å²) in [6.45, 7) is 3.33. The number of phenolic OH excluding ortho intramolecular Hbond substituents is 1. The number of aromatic nitrogens is 1. The van der Waals surface area contributed by atoms with Crippen molar-refractivity contribution in [1.82, 2.24) is 4.98 Å². The fourth-order valence-corrected chi connectivity index (χ4v) is 2.96. The molecule has 24 heavy (non-hydrogen) atoms. The highest BCUT2D eigenvalue weighted by atomic mass is 32.1. The van der Waals surface area contributed by atoms with Gasteiger partial charge in [0.15, 0.2) is 17.5 Å². The maximum Gasteiger partial charge on any atom is 0.264 e. The van der Waals surface area contributed by atoms with Gasteiger partial charge in [-0.05, 0) is 13.8 Å². The van der Waals surface area contributed by atoms with Gasteiger partial charge in [-0.15, -0.1) is 11.3 Å². The van der Waals surface area contributed by atoms with Gasteiger partial charge in [-0.25, -0.2) is 4.98 Å². The van der Waals surface area contributed by atoms with Crippen molar-refractivity contribution in [3.8, 4) is 17.2 Å². The fourth-order valence-electron chi connectivity index (χ4n) is 2.42. The summed E-state index contributed by atoms with van der Waals surface area (Å²) in [7, 11) is 0. The Morgan fingerprint density at radius 1 is 1.50 bits per heavy atom. The highest BCUT2D eigenvalue weighted by Gasteiger charge is 2.34. The Kier molecular flexibility index (Phi) is 4.15. The first kappa shape index (κ1) is 16.3. The molecule has 3 rings (SSSR count). The molecular formula is C16H16N2O5S. The van der Waals surface area contributed by atoms with Crippen LogP contribution in [0, 0.1) is 0 Å². The number of thiazole rings is 1. The molecule has 0 unspecified atom stereocenters. The molecule has 0 radical (unpaired) electrons. The summed E-state index contributed by atoms with van der Waals surface area (Å²) in [5.41, 5.74) is -0.508. The molecule has 7 nitrogen and oxygen atoms in total. The molecule has 0 saturated carbocycles. The van der Waals surface area contributed by atoms with Crippen molar-refractivity contribution in [1.29, 1.82) is 0 Å². The molecular weight excluding hydrogens is 332 g/mol. The number of amides is 1. The SMILES string of the molecule is CC1(C)CC(=O)c2c(O)cc(OCC(=O)Nc3nccs3)cc2O1. The minimum atomic E-state index is -0.655. The fraction of sp³-hybridized carbons (Fsp3) is 0.312. The van der Waals surface area contributed by atoms with Gasteiger partial charge in [-0.1, -0.05) is 0 Å². The van der Waals surface area contributed by atoms with E-state index in [0.717, 1.165) is 0 Å². The maximum atomic E-state index is 12.1. The topological polar surface area (TPSA) is 97.8 Å². The zero-order valence-corrected chi connectivity index (χ0v) is 14.0. The molecule has 1 aliphatic heterocycles. The first-order valence-electron chi connectivity index (χ1n) is 7.25. The summed E-state index contributed by atoms with van der Waals surface area (Å²) in [4.78, 5) is 27.9. The van der Waals surface area contributed by atoms with Gasteiger partial charge in [0.05, 0.1) is 6.42 Å². The lowest BCUT2D eigenvalue weighted by molar-refractivity contribution is -0.118. The van der Waals surface area contributed by atoms with Crippen LogP contribution in [0.3, 0.4) is 0 Å². The summed E-state index contributed by atoms with van der Waals surface area (Å²) in [5.74, 6) is -0.285. The number of fused-ring (bicyclic) bond motifs is 1. The number of hydrogen-bond donors (Lipinski definition) is 2. The van der Waals surface area contributed by atoms with E-state index in [9.17, 15) is 14.7 Å². The number of ether oxygens (including phenoxy) is 2. The van der Waals surface area contributed by atoms with E-state index in [1.54, 1.807) is 25.4 Å². The van der Waals surface area contributed by atoms with Gasteiger partial charge in [0.1, 0.15) is 28.4 Å². The first-order chi connectivity index (χ1) is 11.3. The predicted molar refractivity (Wildman–Crippen MR) is 88.0 cm³/mol. The number of anilines is 1. The molecule has 1 aromatic heterocycles. The van der Waals surface area contributed by atoms with E-state index in [1.807, 2.05) is 0 Å². The molecule has 2 heterocycles. The molecule has 2 N–H and O–H groups in total. The Morgan fingerprint density at radius 2 is 2.29 bits per heavy atom. The van der Waals surface area contributed by atoms with Crippen LogP contribution in [-0.4, -0.2) is 34.0 Å². The van der Waals surface area contributed by atoms with Crippen molar-refractivity contribution in [3.05, 3.63) is 29.3 Å². The van der Waals surface area contributed by atoms with E-state index in [-0.39, 0.29) is 47.5 Å². The standard InChI is InChI=1S/C16H16N2O5S/c1-16(2)7-11(20)14-10(19)5-9(6-12(14)23-16)22-8-13(21)18-15-17-3-4-24-15/h3-6,19H,7-8H2,1-2H3,(H,17,18,21). The second kappa shape index (κ2) is 6.12. The van der Waals surface area contributed by atoms with Crippen molar-refractivity contribution in [3.63, 3.8) is 0 Å². The van der Waals surface area contributed by atoms with Crippen molar-refractivity contribution in [2.75, 3.05) is 11.9 Å². The highest BCUT2D eigenvalue weighted by Crippen LogP contribution is 2.40. The summed E-state index contributed by atoms with van der Waals surface area (Å²) in [5, 5.41) is 14.9. The molecule has 1 amide bonds. The summed E-state index contributed by atoms with van der Waals surface area (Å²) < 4.78 is 11.1. The molecule has 0 spiro atoms. The van der Waals surface area contributed by atoms with E-state index in [1.165, 1.54) is 23.5 Å². The zero-order valence-electron chi connectivity index (χ0n) is 13.2. The Labute approximate surface area is 142 Å². The smallest absolute Gasteiger partial charge is 0.264 e. The van der Waals surface area contributed by atoms with Gasteiger partial charge in [-0.3, -0.25) is 14.9 Å². The number of benzene rings is 1. The van der Waals surface area contributed by atoms with Crippen molar-refractivity contribution in [2.45, 2.75) is 25.9 Å². The quantitative estimate of drug-likeness (QED) is 0.881. The summed E-state index contributed by atoms with van der Waals surface area (Å²) in [6, 6.07) is 2.81. The van der Waals surface area contributed by atoms with Crippen LogP contribution in [0.4, 0.5) is 5.13 Å². The third kappa shape index (κ3) is 3.48. The molecule has 0 bridgehead atoms. The third-order valence-corrected chi connectivity index (χ3v) is 4.04. The predicted octanol–water partition coefficient (Wildman–Crippen LogP) is 2.61. The monoisotopic (exact) mass is 348 g/mol. The molecule has 0 atom stereocenters. The molecule has 2 aromatic rings. The van der Waals surface area contributed by atoms with Crippen LogP contribution in [0.15, 0.2) is 23.7 Å². The number of nitrogens with zero attached hydrogens (tertiary/aromatic N) is 1. The lowest BCUT2D eigenvalue weighted by Crippen LogP contribution is -2.35. The lowest BCUT2D eigenvalue weighted by atomic mass is 9.92. The van der Waals surface area contributed by atoms with E-state index < -0.39 is 5.60 Å². The van der Waals surface area contributed by atoms with Gasteiger partial charge in [0.25, 0.3) is 5.91 Å². The largest absolute Gasteiger partial charge is 0.507 e. The molecule has 8 heteroatoms. The molecule has 0 fully saturated rings. The Bertz CT molecular complexity index is 786. The Balaban J connectivity index is 1.72. The van der Waals surface area contributed by atoms with Gasteiger partial charge in [0.2, 0.25) is 0 Å². The van der Waals surface area contributed by atoms with Crippen LogP contribution in [0.25, 0.3) is 0 Å². The number of rotatable bonds is 4. The van der Waals surface area contributed by atoms with Gasteiger partial charge < -0.3 is 14.6 Å². The number of ketones is 1. The minimum Gasteiger partial charge on any atom is -0.507 e. The normalized spacial score (nSPS) is 15.3. The lowest BCUT2D eigenvalue weighted by Gasteiger charge is -2.32. The average Bonchev–Trinajstić information content (AvgIpc) is 2.95. The number of hydrogen-bond acceptors (Lipinski definition) is 7. The van der Waals surface area contributed by atoms with Gasteiger partial charge >= 0.3 is 0 Å². The average molecular weight is 348 g/mol. The van der Waals surface area contributed by atoms with Gasteiger partial charge in [0, 0.05) is 23.7 Å². The first-order valence-corrected chi connectivity index (χ1v) is 8.13. The molecule has 126 valence electrons. The third-order valence-electron chi connectivity index (χ3n) is 3.35. The van der Waals surface area contributed by atoms with Crippen molar-refractivity contribution >= 4 is 28.2 Å². The van der Waals surface area contributed by atoms with Gasteiger partial charge in [-0.2, -0.15) is 0 Å². The van der Waals surface area contributed by atoms with E-state index in [2.05, 4.69) is 10.3 Å². The van der Waals surface area contributed by atoms with Crippen molar-refractivity contribution < 1.29 is 24.2 Å². The maximum absolute atomic E-state index is 12.1. The minimum absolute atomic E-state index is 0.147. The van der Waals surface area contributed by atoms with Crippen LogP contribution >= 0.6 is 11.3 Å². The summed E-state index contributed by atoms with van der Waals surface area (Å²) in [6.07, 6.45) is 1.77.